The van der Waals surface area contributed by atoms with Gasteiger partial charge in [0.05, 0.1) is 11.8 Å². The Hall–Kier alpha value is -2.54. The molecule has 1 N–H and O–H groups in total. The highest BCUT2D eigenvalue weighted by Crippen LogP contribution is 2.57. The molecule has 0 unspecified atom stereocenters. The number of nitrogens with zero attached hydrogens (tertiary/aromatic N) is 2. The Balaban J connectivity index is 1.24. The lowest BCUT2D eigenvalue weighted by atomic mass is 9.78. The van der Waals surface area contributed by atoms with Crippen molar-refractivity contribution in [1.29, 1.82) is 0 Å². The molecule has 1 saturated heterocycles. The fourth-order valence-corrected chi connectivity index (χ4v) is 6.22. The summed E-state index contributed by atoms with van der Waals surface area (Å²) in [6.45, 7) is 8.05. The Bertz CT molecular complexity index is 930. The summed E-state index contributed by atoms with van der Waals surface area (Å²) in [5.74, 6) is -0.0219. The van der Waals surface area contributed by atoms with E-state index in [1.54, 1.807) is 0 Å². The van der Waals surface area contributed by atoms with E-state index in [1.165, 1.54) is 11.1 Å². The van der Waals surface area contributed by atoms with Gasteiger partial charge in [-0.05, 0) is 56.2 Å². The van der Waals surface area contributed by atoms with Gasteiger partial charge in [0.2, 0.25) is 12.7 Å². The van der Waals surface area contributed by atoms with Crippen molar-refractivity contribution >= 4 is 11.9 Å². The molecule has 7 nitrogen and oxygen atoms in total. The normalized spacial score (nSPS) is 29.5. The Kier molecular flexibility index (Phi) is 5.16. The van der Waals surface area contributed by atoms with Crippen molar-refractivity contribution in [3.63, 3.8) is 0 Å². The topological polar surface area (TPSA) is 79.3 Å². The number of fused-ring (bicyclic) bond motifs is 3. The fraction of sp³-hybridized carbons (Fsp3) is 0.583. The molecule has 1 aromatic rings. The number of amides is 1. The molecule has 4 atom stereocenters. The Morgan fingerprint density at radius 2 is 1.68 bits per heavy atom. The fourth-order valence-electron chi connectivity index (χ4n) is 6.22. The monoisotopic (exact) mass is 426 g/mol. The second-order valence-corrected chi connectivity index (χ2v) is 9.42. The van der Waals surface area contributed by atoms with Gasteiger partial charge in [0, 0.05) is 32.7 Å². The van der Waals surface area contributed by atoms with Crippen LogP contribution in [0.15, 0.2) is 29.3 Å². The highest BCUT2D eigenvalue weighted by molar-refractivity contribution is 5.87. The van der Waals surface area contributed by atoms with Gasteiger partial charge >= 0.3 is 5.97 Å². The van der Waals surface area contributed by atoms with Crippen molar-refractivity contribution in [3.05, 3.63) is 34.9 Å². The van der Waals surface area contributed by atoms with Crippen LogP contribution in [0.3, 0.4) is 0 Å². The van der Waals surface area contributed by atoms with Crippen molar-refractivity contribution < 1.29 is 24.2 Å². The number of ether oxygens (including phenoxy) is 2. The van der Waals surface area contributed by atoms with Crippen LogP contribution in [0.2, 0.25) is 0 Å². The van der Waals surface area contributed by atoms with Gasteiger partial charge < -0.3 is 19.5 Å². The lowest BCUT2D eigenvalue weighted by Crippen LogP contribution is -2.52. The van der Waals surface area contributed by atoms with Crippen molar-refractivity contribution in [2.45, 2.75) is 33.2 Å². The first-order valence-electron chi connectivity index (χ1n) is 11.2. The van der Waals surface area contributed by atoms with E-state index in [0.717, 1.165) is 49.5 Å². The van der Waals surface area contributed by atoms with E-state index in [0.29, 0.717) is 13.1 Å². The van der Waals surface area contributed by atoms with Crippen LogP contribution >= 0.6 is 0 Å². The predicted molar refractivity (Wildman–Crippen MR) is 114 cm³/mol. The number of aliphatic carboxylic acids is 1. The molecule has 4 aliphatic rings. The highest BCUT2D eigenvalue weighted by Gasteiger charge is 2.58. The van der Waals surface area contributed by atoms with Gasteiger partial charge in [-0.1, -0.05) is 17.2 Å². The van der Waals surface area contributed by atoms with Crippen molar-refractivity contribution in [1.82, 2.24) is 9.80 Å². The van der Waals surface area contributed by atoms with E-state index in [-0.39, 0.29) is 24.5 Å². The first kappa shape index (κ1) is 20.4. The minimum absolute atomic E-state index is 0.0359. The van der Waals surface area contributed by atoms with Crippen LogP contribution in [-0.2, 0) is 16.1 Å². The number of rotatable bonds is 4. The molecule has 31 heavy (non-hydrogen) atoms. The third kappa shape index (κ3) is 3.49. The van der Waals surface area contributed by atoms with E-state index in [2.05, 4.69) is 24.8 Å². The molecule has 1 aromatic carbocycles. The van der Waals surface area contributed by atoms with Crippen molar-refractivity contribution in [3.8, 4) is 11.5 Å². The quantitative estimate of drug-likeness (QED) is 0.746. The molecule has 2 bridgehead atoms. The number of hydrogen-bond acceptors (Lipinski definition) is 5. The largest absolute Gasteiger partial charge is 0.481 e. The number of carbonyl (C=O) groups excluding carboxylic acids is 1. The molecular formula is C24H30N2O5. The maximum atomic E-state index is 13.5. The lowest BCUT2D eigenvalue weighted by molar-refractivity contribution is -0.153. The van der Waals surface area contributed by atoms with Crippen molar-refractivity contribution in [2.24, 2.45) is 23.7 Å². The Morgan fingerprint density at radius 1 is 1.00 bits per heavy atom. The molecule has 2 heterocycles. The van der Waals surface area contributed by atoms with Gasteiger partial charge in [-0.2, -0.15) is 0 Å². The number of carboxylic acid groups (broad SMARTS) is 1. The molecule has 3 fully saturated rings. The molecule has 166 valence electrons. The van der Waals surface area contributed by atoms with Crippen LogP contribution < -0.4 is 9.47 Å². The standard InChI is InChI=1S/C24H30N2O5/c1-14(2)20-16-4-5-17(20)22(24(28)29)21(16)23(27)26-9-7-25(8-10-26)12-15-3-6-18-19(11-15)31-13-30-18/h3,6,11,16-17,21-22H,4-5,7-10,12-13H2,1-2H3,(H,28,29)/t16-,17-,21-,22-/m1/s1. The molecule has 1 amide bonds. The SMILES string of the molecule is CC(C)=C1[C@H]2CC[C@H]1[C@@H](C(=O)N1CCN(Cc3ccc4c(c3)OCO4)CC1)[C@@H]2C(=O)O. The maximum absolute atomic E-state index is 13.5. The molecule has 2 aliphatic heterocycles. The molecule has 2 aliphatic carbocycles. The van der Waals surface area contributed by atoms with Gasteiger partial charge in [-0.3, -0.25) is 14.5 Å². The third-order valence-corrected chi connectivity index (χ3v) is 7.52. The summed E-state index contributed by atoms with van der Waals surface area (Å²) in [7, 11) is 0. The molecule has 0 radical (unpaired) electrons. The lowest BCUT2D eigenvalue weighted by Gasteiger charge is -2.38. The van der Waals surface area contributed by atoms with E-state index in [4.69, 9.17) is 9.47 Å². The van der Waals surface area contributed by atoms with E-state index < -0.39 is 17.8 Å². The zero-order valence-corrected chi connectivity index (χ0v) is 18.2. The summed E-state index contributed by atoms with van der Waals surface area (Å²) in [5, 5.41) is 9.90. The molecule has 7 heteroatoms. The minimum Gasteiger partial charge on any atom is -0.481 e. The third-order valence-electron chi connectivity index (χ3n) is 7.52. The van der Waals surface area contributed by atoms with E-state index in [9.17, 15) is 14.7 Å². The highest BCUT2D eigenvalue weighted by atomic mass is 16.7. The van der Waals surface area contributed by atoms with Gasteiger partial charge in [-0.15, -0.1) is 0 Å². The van der Waals surface area contributed by atoms with Gasteiger partial charge in [-0.25, -0.2) is 0 Å². The Morgan fingerprint density at radius 3 is 2.35 bits per heavy atom. The average Bonchev–Trinajstić information content (AvgIpc) is 3.46. The summed E-state index contributed by atoms with van der Waals surface area (Å²) in [6.07, 6.45) is 1.84. The summed E-state index contributed by atoms with van der Waals surface area (Å²) in [6, 6.07) is 6.02. The number of hydrogen-bond donors (Lipinski definition) is 1. The van der Waals surface area contributed by atoms with Crippen molar-refractivity contribution in [2.75, 3.05) is 33.0 Å². The molecule has 5 rings (SSSR count). The van der Waals surface area contributed by atoms with Crippen LogP contribution in [0.5, 0.6) is 11.5 Å². The summed E-state index contributed by atoms with van der Waals surface area (Å²) in [4.78, 5) is 29.8. The van der Waals surface area contributed by atoms with Crippen LogP contribution in [0.4, 0.5) is 0 Å². The molecule has 2 saturated carbocycles. The van der Waals surface area contributed by atoms with Gasteiger partial charge in [0.15, 0.2) is 11.5 Å². The number of carboxylic acids is 1. The van der Waals surface area contributed by atoms with E-state index >= 15 is 0 Å². The summed E-state index contributed by atoms with van der Waals surface area (Å²) in [5.41, 5.74) is 3.60. The first-order valence-corrected chi connectivity index (χ1v) is 11.2. The smallest absolute Gasteiger partial charge is 0.307 e. The zero-order valence-electron chi connectivity index (χ0n) is 18.2. The molecular weight excluding hydrogens is 396 g/mol. The number of allylic oxidation sites excluding steroid dienone is 2. The number of benzene rings is 1. The van der Waals surface area contributed by atoms with Crippen LogP contribution in [0, 0.1) is 23.7 Å². The summed E-state index contributed by atoms with van der Waals surface area (Å²) >= 11 is 0. The van der Waals surface area contributed by atoms with Gasteiger partial charge in [0.1, 0.15) is 0 Å². The maximum Gasteiger partial charge on any atom is 0.307 e. The Labute approximate surface area is 182 Å². The second kappa shape index (κ2) is 7.86. The number of piperazine rings is 1. The zero-order chi connectivity index (χ0) is 21.7. The van der Waals surface area contributed by atoms with Crippen LogP contribution in [0.25, 0.3) is 0 Å². The van der Waals surface area contributed by atoms with Gasteiger partial charge in [0.25, 0.3) is 0 Å². The summed E-state index contributed by atoms with van der Waals surface area (Å²) < 4.78 is 10.8. The predicted octanol–water partition coefficient (Wildman–Crippen LogP) is 2.75. The average molecular weight is 427 g/mol. The van der Waals surface area contributed by atoms with Crippen LogP contribution in [0.1, 0.15) is 32.3 Å². The minimum atomic E-state index is -0.814. The number of carbonyl (C=O) groups is 2. The first-order chi connectivity index (χ1) is 14.9. The molecule has 0 spiro atoms. The van der Waals surface area contributed by atoms with E-state index in [1.807, 2.05) is 17.0 Å². The second-order valence-electron chi connectivity index (χ2n) is 9.42. The van der Waals surface area contributed by atoms with Crippen LogP contribution in [-0.4, -0.2) is 59.8 Å². The molecule has 0 aromatic heterocycles.